The van der Waals surface area contributed by atoms with Crippen LogP contribution in [-0.2, 0) is 15.7 Å². The smallest absolute Gasteiger partial charge is 0.433 e. The van der Waals surface area contributed by atoms with Crippen LogP contribution in [0.25, 0.3) is 22.4 Å². The van der Waals surface area contributed by atoms with Gasteiger partial charge >= 0.3 is 6.18 Å². The largest absolute Gasteiger partial charge is 0.494 e. The summed E-state index contributed by atoms with van der Waals surface area (Å²) in [4.78, 5) is 37.6. The Hall–Kier alpha value is -3.71. The molecule has 210 valence electrons. The molecule has 1 aromatic carbocycles. The van der Waals surface area contributed by atoms with Gasteiger partial charge in [-0.25, -0.2) is 9.97 Å². The summed E-state index contributed by atoms with van der Waals surface area (Å²) in [5, 5.41) is 0.298. The standard InChI is InChI=1S/C26H30F3N5O5/c1-14(30)21-20(23(35)33-10-12-34(13-11-33)24(36)25(2,3)38-5)32-22(39-21)16-6-8-17(37-4)19-15(16)7-9-18(31-19)26(27,28)29/h6-9,14H,10-13,30H2,1-5H3/t14-/m0/s1. The van der Waals surface area contributed by atoms with E-state index in [1.54, 1.807) is 36.6 Å². The highest BCUT2D eigenvalue weighted by Gasteiger charge is 2.36. The molecule has 0 spiro atoms. The highest BCUT2D eigenvalue weighted by Crippen LogP contribution is 2.37. The minimum absolute atomic E-state index is 0.000775. The molecule has 0 aliphatic carbocycles. The van der Waals surface area contributed by atoms with Gasteiger partial charge in [-0.3, -0.25) is 9.59 Å². The van der Waals surface area contributed by atoms with Gasteiger partial charge in [0, 0.05) is 44.2 Å². The molecule has 3 aromatic rings. The maximum Gasteiger partial charge on any atom is 0.433 e. The summed E-state index contributed by atoms with van der Waals surface area (Å²) in [6, 6.07) is 4.45. The first-order valence-electron chi connectivity index (χ1n) is 12.2. The lowest BCUT2D eigenvalue weighted by atomic mass is 10.1. The van der Waals surface area contributed by atoms with Crippen molar-refractivity contribution in [1.29, 1.82) is 0 Å². The summed E-state index contributed by atoms with van der Waals surface area (Å²) in [5.41, 5.74) is 4.34. The van der Waals surface area contributed by atoms with Crippen molar-refractivity contribution in [1.82, 2.24) is 19.8 Å². The van der Waals surface area contributed by atoms with E-state index in [4.69, 9.17) is 19.6 Å². The molecule has 2 amide bonds. The van der Waals surface area contributed by atoms with Crippen LogP contribution in [0.3, 0.4) is 0 Å². The van der Waals surface area contributed by atoms with Crippen LogP contribution < -0.4 is 10.5 Å². The number of pyridine rings is 1. The Bertz CT molecular complexity index is 1390. The van der Waals surface area contributed by atoms with E-state index in [2.05, 4.69) is 9.97 Å². The molecule has 1 aliphatic heterocycles. The maximum atomic E-state index is 13.5. The van der Waals surface area contributed by atoms with Crippen molar-refractivity contribution in [2.75, 3.05) is 40.4 Å². The van der Waals surface area contributed by atoms with Gasteiger partial charge in [0.25, 0.3) is 11.8 Å². The zero-order valence-corrected chi connectivity index (χ0v) is 22.3. The molecule has 2 aromatic heterocycles. The molecule has 0 saturated carbocycles. The third-order valence-corrected chi connectivity index (χ3v) is 6.71. The molecule has 1 saturated heterocycles. The highest BCUT2D eigenvalue weighted by molar-refractivity contribution is 5.98. The van der Waals surface area contributed by atoms with Gasteiger partial charge in [0.1, 0.15) is 22.6 Å². The monoisotopic (exact) mass is 549 g/mol. The van der Waals surface area contributed by atoms with E-state index in [0.717, 1.165) is 6.07 Å². The summed E-state index contributed by atoms with van der Waals surface area (Å²) in [5.74, 6) is -0.316. The van der Waals surface area contributed by atoms with Crippen molar-refractivity contribution in [3.8, 4) is 17.2 Å². The van der Waals surface area contributed by atoms with Crippen LogP contribution in [0.2, 0.25) is 0 Å². The Morgan fingerprint density at radius 2 is 1.67 bits per heavy atom. The number of ether oxygens (including phenoxy) is 2. The van der Waals surface area contributed by atoms with E-state index in [1.807, 2.05) is 0 Å². The number of fused-ring (bicyclic) bond motifs is 1. The second kappa shape index (κ2) is 10.5. The van der Waals surface area contributed by atoms with Gasteiger partial charge in [-0.1, -0.05) is 0 Å². The van der Waals surface area contributed by atoms with Crippen LogP contribution in [0.15, 0.2) is 28.7 Å². The van der Waals surface area contributed by atoms with Crippen molar-refractivity contribution in [2.45, 2.75) is 38.6 Å². The van der Waals surface area contributed by atoms with Crippen LogP contribution >= 0.6 is 0 Å². The lowest BCUT2D eigenvalue weighted by Gasteiger charge is -2.37. The predicted molar refractivity (Wildman–Crippen MR) is 135 cm³/mol. The normalized spacial score (nSPS) is 15.5. The minimum atomic E-state index is -4.65. The van der Waals surface area contributed by atoms with Crippen LogP contribution in [0, 0.1) is 0 Å². The van der Waals surface area contributed by atoms with Crippen LogP contribution in [-0.4, -0.2) is 77.6 Å². The van der Waals surface area contributed by atoms with Crippen LogP contribution in [0.4, 0.5) is 13.2 Å². The summed E-state index contributed by atoms with van der Waals surface area (Å²) in [7, 11) is 2.79. The molecule has 13 heteroatoms. The number of benzene rings is 1. The second-order valence-electron chi connectivity index (χ2n) is 9.73. The number of rotatable bonds is 6. The van der Waals surface area contributed by atoms with E-state index in [9.17, 15) is 22.8 Å². The van der Waals surface area contributed by atoms with Crippen molar-refractivity contribution in [3.05, 3.63) is 41.4 Å². The Kier molecular flexibility index (Phi) is 7.59. The fourth-order valence-corrected chi connectivity index (χ4v) is 4.34. The SMILES string of the molecule is COc1ccc(-c2nc(C(=O)N3CCN(C(=O)C(C)(C)OC)CC3)c([C@H](C)N)o2)c2ccc(C(F)(F)F)nc12. The van der Waals surface area contributed by atoms with E-state index in [0.29, 0.717) is 24.0 Å². The molecule has 4 rings (SSSR count). The van der Waals surface area contributed by atoms with Gasteiger partial charge in [0.2, 0.25) is 5.89 Å². The second-order valence-corrected chi connectivity index (χ2v) is 9.73. The number of oxazole rings is 1. The van der Waals surface area contributed by atoms with Gasteiger partial charge in [0.15, 0.2) is 11.5 Å². The van der Waals surface area contributed by atoms with Crippen LogP contribution in [0.5, 0.6) is 5.75 Å². The average molecular weight is 550 g/mol. The number of amides is 2. The Morgan fingerprint density at radius 3 is 2.23 bits per heavy atom. The number of carbonyl (C=O) groups excluding carboxylic acids is 2. The molecular formula is C26H30F3N5O5. The first-order chi connectivity index (χ1) is 18.3. The first kappa shape index (κ1) is 28.3. The fraction of sp³-hybridized carbons (Fsp3) is 0.462. The highest BCUT2D eigenvalue weighted by atomic mass is 19.4. The van der Waals surface area contributed by atoms with Crippen LogP contribution in [0.1, 0.15) is 48.8 Å². The number of alkyl halides is 3. The van der Waals surface area contributed by atoms with Gasteiger partial charge in [0.05, 0.1) is 13.2 Å². The minimum Gasteiger partial charge on any atom is -0.494 e. The molecule has 39 heavy (non-hydrogen) atoms. The molecular weight excluding hydrogens is 519 g/mol. The predicted octanol–water partition coefficient (Wildman–Crippen LogP) is 3.65. The molecule has 1 fully saturated rings. The molecule has 0 unspecified atom stereocenters. The van der Waals surface area contributed by atoms with E-state index < -0.39 is 29.4 Å². The Morgan fingerprint density at radius 1 is 1.03 bits per heavy atom. The molecule has 0 radical (unpaired) electrons. The van der Waals surface area contributed by atoms with Gasteiger partial charge in [-0.2, -0.15) is 13.2 Å². The van der Waals surface area contributed by atoms with E-state index >= 15 is 0 Å². The first-order valence-corrected chi connectivity index (χ1v) is 12.2. The Labute approximate surface area is 222 Å². The number of carbonyl (C=O) groups is 2. The van der Waals surface area contributed by atoms with E-state index in [1.165, 1.54) is 26.4 Å². The van der Waals surface area contributed by atoms with Crippen molar-refractivity contribution in [3.63, 3.8) is 0 Å². The number of nitrogens with zero attached hydrogens (tertiary/aromatic N) is 4. The number of piperazine rings is 1. The average Bonchev–Trinajstić information content (AvgIpc) is 3.36. The summed E-state index contributed by atoms with van der Waals surface area (Å²) < 4.78 is 56.4. The summed E-state index contributed by atoms with van der Waals surface area (Å²) in [6.07, 6.45) is -4.65. The number of methoxy groups -OCH3 is 2. The molecule has 1 aliphatic rings. The van der Waals surface area contributed by atoms with Gasteiger partial charge in [-0.05, 0) is 45.0 Å². The maximum absolute atomic E-state index is 13.5. The van der Waals surface area contributed by atoms with Gasteiger partial charge < -0.3 is 29.4 Å². The third-order valence-electron chi connectivity index (χ3n) is 6.71. The third kappa shape index (κ3) is 5.41. The molecule has 1 atom stereocenters. The van der Waals surface area contributed by atoms with Crippen molar-refractivity contribution in [2.24, 2.45) is 5.73 Å². The summed E-state index contributed by atoms with van der Waals surface area (Å²) >= 11 is 0. The Balaban J connectivity index is 1.67. The quantitative estimate of drug-likeness (QED) is 0.494. The zero-order valence-electron chi connectivity index (χ0n) is 22.3. The number of halogens is 3. The van der Waals surface area contributed by atoms with Gasteiger partial charge in [-0.15, -0.1) is 0 Å². The molecule has 2 N–H and O–H groups in total. The number of hydrogen-bond donors (Lipinski definition) is 1. The molecule has 0 bridgehead atoms. The zero-order chi connectivity index (χ0) is 28.7. The van der Waals surface area contributed by atoms with Crippen molar-refractivity contribution < 1.29 is 36.7 Å². The number of nitrogens with two attached hydrogens (primary N) is 1. The van der Waals surface area contributed by atoms with Crippen molar-refractivity contribution >= 4 is 22.7 Å². The van der Waals surface area contributed by atoms with E-state index in [-0.39, 0.29) is 47.6 Å². The molecule has 10 nitrogen and oxygen atoms in total. The number of aromatic nitrogens is 2. The lowest BCUT2D eigenvalue weighted by molar-refractivity contribution is -0.152. The molecule has 3 heterocycles. The lowest BCUT2D eigenvalue weighted by Crippen LogP contribution is -2.55. The topological polar surface area (TPSA) is 124 Å². The number of hydrogen-bond acceptors (Lipinski definition) is 8. The summed E-state index contributed by atoms with van der Waals surface area (Å²) in [6.45, 7) is 6.15. The fourth-order valence-electron chi connectivity index (χ4n) is 4.34.